The number of hydrogen-bond donors (Lipinski definition) is 0. The van der Waals surface area contributed by atoms with Crippen molar-refractivity contribution < 1.29 is 0 Å². The third kappa shape index (κ3) is 2.86. The van der Waals surface area contributed by atoms with Crippen LogP contribution in [0.4, 0.5) is 0 Å². The molecule has 15 heavy (non-hydrogen) atoms. The average molecular weight is 206 g/mol. The summed E-state index contributed by atoms with van der Waals surface area (Å²) < 4.78 is 0. The zero-order chi connectivity index (χ0) is 10.5. The molecular formula is C15H26. The molecule has 0 aromatic heterocycles. The summed E-state index contributed by atoms with van der Waals surface area (Å²) in [5, 5.41) is 0. The van der Waals surface area contributed by atoms with Crippen molar-refractivity contribution in [3.63, 3.8) is 0 Å². The highest BCUT2D eigenvalue weighted by atomic mass is 14.4. The second-order valence-corrected chi connectivity index (χ2v) is 5.52. The number of unbranched alkanes of at least 4 members (excludes halogenated alkanes) is 1. The first-order valence-electron chi connectivity index (χ1n) is 7.08. The van der Waals surface area contributed by atoms with Gasteiger partial charge in [-0.25, -0.2) is 0 Å². The van der Waals surface area contributed by atoms with Crippen molar-refractivity contribution in [3.05, 3.63) is 12.2 Å². The molecule has 0 aliphatic heterocycles. The summed E-state index contributed by atoms with van der Waals surface area (Å²) in [6, 6.07) is 0. The molecule has 0 aromatic carbocycles. The molecule has 0 radical (unpaired) electrons. The summed E-state index contributed by atoms with van der Waals surface area (Å²) in [5.74, 6) is 3.08. The Kier molecular flexibility index (Phi) is 4.29. The van der Waals surface area contributed by atoms with Crippen LogP contribution < -0.4 is 0 Å². The zero-order valence-corrected chi connectivity index (χ0v) is 10.3. The van der Waals surface area contributed by atoms with E-state index in [1.54, 1.807) is 0 Å². The van der Waals surface area contributed by atoms with Gasteiger partial charge in [0.2, 0.25) is 0 Å². The van der Waals surface area contributed by atoms with Gasteiger partial charge in [-0.1, -0.05) is 57.6 Å². The molecule has 3 atom stereocenters. The molecule has 0 saturated heterocycles. The first-order valence-corrected chi connectivity index (χ1v) is 7.08. The summed E-state index contributed by atoms with van der Waals surface area (Å²) in [7, 11) is 0. The van der Waals surface area contributed by atoms with E-state index in [0.717, 1.165) is 17.8 Å². The van der Waals surface area contributed by atoms with Crippen LogP contribution in [-0.2, 0) is 0 Å². The van der Waals surface area contributed by atoms with Crippen molar-refractivity contribution in [1.29, 1.82) is 0 Å². The highest BCUT2D eigenvalue weighted by Crippen LogP contribution is 2.44. The van der Waals surface area contributed by atoms with E-state index in [4.69, 9.17) is 0 Å². The molecule has 0 heteroatoms. The lowest BCUT2D eigenvalue weighted by atomic mass is 9.65. The van der Waals surface area contributed by atoms with Gasteiger partial charge < -0.3 is 0 Å². The van der Waals surface area contributed by atoms with Gasteiger partial charge in [0.15, 0.2) is 0 Å². The molecule has 2 fully saturated rings. The van der Waals surface area contributed by atoms with Crippen LogP contribution in [0.1, 0.15) is 64.7 Å². The maximum atomic E-state index is 2.56. The highest BCUT2D eigenvalue weighted by Gasteiger charge is 2.33. The Labute approximate surface area is 95.1 Å². The van der Waals surface area contributed by atoms with E-state index in [1.165, 1.54) is 57.8 Å². The van der Waals surface area contributed by atoms with Crippen molar-refractivity contribution in [1.82, 2.24) is 0 Å². The Morgan fingerprint density at radius 2 is 1.80 bits per heavy atom. The maximum absolute atomic E-state index is 2.56. The van der Waals surface area contributed by atoms with Crippen molar-refractivity contribution in [2.45, 2.75) is 64.7 Å². The molecular weight excluding hydrogens is 180 g/mol. The van der Waals surface area contributed by atoms with Crippen molar-refractivity contribution in [2.75, 3.05) is 0 Å². The molecule has 0 bridgehead atoms. The molecule has 0 heterocycles. The Morgan fingerprint density at radius 1 is 1.00 bits per heavy atom. The standard InChI is InChI=1S/C15H26/c1-2-3-4-8-13-10-7-11-14-9-5-6-12-15(13)14/h4,8,13-15H,2-3,5-7,9-12H2,1H3/b8-4+. The van der Waals surface area contributed by atoms with Gasteiger partial charge in [-0.3, -0.25) is 0 Å². The smallest absolute Gasteiger partial charge is 0.0202 e. The first kappa shape index (κ1) is 11.2. The zero-order valence-electron chi connectivity index (χ0n) is 10.3. The topological polar surface area (TPSA) is 0 Å². The number of allylic oxidation sites excluding steroid dienone is 2. The van der Waals surface area contributed by atoms with Gasteiger partial charge in [0.1, 0.15) is 0 Å². The van der Waals surface area contributed by atoms with E-state index in [2.05, 4.69) is 19.1 Å². The van der Waals surface area contributed by atoms with Gasteiger partial charge in [0, 0.05) is 0 Å². The highest BCUT2D eigenvalue weighted by molar-refractivity contribution is 4.96. The lowest BCUT2D eigenvalue weighted by molar-refractivity contribution is 0.130. The number of fused-ring (bicyclic) bond motifs is 1. The summed E-state index contributed by atoms with van der Waals surface area (Å²) >= 11 is 0. The van der Waals surface area contributed by atoms with E-state index in [-0.39, 0.29) is 0 Å². The van der Waals surface area contributed by atoms with Crippen LogP contribution in [0.5, 0.6) is 0 Å². The fourth-order valence-corrected chi connectivity index (χ4v) is 3.66. The van der Waals surface area contributed by atoms with Gasteiger partial charge >= 0.3 is 0 Å². The normalized spacial score (nSPS) is 36.7. The van der Waals surface area contributed by atoms with Crippen LogP contribution in [0.2, 0.25) is 0 Å². The van der Waals surface area contributed by atoms with Crippen LogP contribution >= 0.6 is 0 Å². The minimum Gasteiger partial charge on any atom is -0.0883 e. The van der Waals surface area contributed by atoms with Gasteiger partial charge in [-0.2, -0.15) is 0 Å². The maximum Gasteiger partial charge on any atom is -0.0202 e. The Morgan fingerprint density at radius 3 is 2.67 bits per heavy atom. The second-order valence-electron chi connectivity index (χ2n) is 5.52. The number of hydrogen-bond acceptors (Lipinski definition) is 0. The van der Waals surface area contributed by atoms with Crippen molar-refractivity contribution in [2.24, 2.45) is 17.8 Å². The third-order valence-electron chi connectivity index (χ3n) is 4.47. The summed E-state index contributed by atoms with van der Waals surface area (Å²) in [6.07, 6.45) is 18.1. The molecule has 0 amide bonds. The SMILES string of the molecule is CCC/C=C/C1CCCC2CCCCC12. The molecule has 2 saturated carbocycles. The quantitative estimate of drug-likeness (QED) is 0.573. The fourth-order valence-electron chi connectivity index (χ4n) is 3.66. The first-order chi connectivity index (χ1) is 7.42. The van der Waals surface area contributed by atoms with Crippen LogP contribution in [0, 0.1) is 17.8 Å². The van der Waals surface area contributed by atoms with Crippen molar-refractivity contribution >= 4 is 0 Å². The summed E-state index contributed by atoms with van der Waals surface area (Å²) in [6.45, 7) is 2.27. The molecule has 2 rings (SSSR count). The lowest BCUT2D eigenvalue weighted by Crippen LogP contribution is -2.29. The minimum absolute atomic E-state index is 0.940. The average Bonchev–Trinajstić information content (AvgIpc) is 2.30. The Balaban J connectivity index is 1.91. The predicted molar refractivity (Wildman–Crippen MR) is 66.8 cm³/mol. The van der Waals surface area contributed by atoms with Gasteiger partial charge in [-0.05, 0) is 37.0 Å². The monoisotopic (exact) mass is 206 g/mol. The third-order valence-corrected chi connectivity index (χ3v) is 4.47. The van der Waals surface area contributed by atoms with E-state index < -0.39 is 0 Å². The van der Waals surface area contributed by atoms with Crippen LogP contribution in [-0.4, -0.2) is 0 Å². The Hall–Kier alpha value is -0.260. The van der Waals surface area contributed by atoms with Crippen LogP contribution in [0.3, 0.4) is 0 Å². The molecule has 0 spiro atoms. The largest absolute Gasteiger partial charge is 0.0883 e. The molecule has 0 N–H and O–H groups in total. The molecule has 2 aliphatic rings. The number of rotatable bonds is 3. The molecule has 2 aliphatic carbocycles. The van der Waals surface area contributed by atoms with E-state index in [0.29, 0.717) is 0 Å². The fraction of sp³-hybridized carbons (Fsp3) is 0.867. The van der Waals surface area contributed by atoms with Gasteiger partial charge in [0.25, 0.3) is 0 Å². The van der Waals surface area contributed by atoms with E-state index in [9.17, 15) is 0 Å². The molecule has 0 aromatic rings. The molecule has 86 valence electrons. The minimum atomic E-state index is 0.940. The Bertz CT molecular complexity index is 202. The summed E-state index contributed by atoms with van der Waals surface area (Å²) in [4.78, 5) is 0. The molecule has 3 unspecified atom stereocenters. The predicted octanol–water partition coefficient (Wildman–Crippen LogP) is 4.95. The van der Waals surface area contributed by atoms with E-state index in [1.807, 2.05) is 0 Å². The van der Waals surface area contributed by atoms with Crippen LogP contribution in [0.25, 0.3) is 0 Å². The lowest BCUT2D eigenvalue weighted by Gasteiger charge is -2.40. The van der Waals surface area contributed by atoms with Gasteiger partial charge in [-0.15, -0.1) is 0 Å². The second kappa shape index (κ2) is 5.72. The van der Waals surface area contributed by atoms with Crippen molar-refractivity contribution in [3.8, 4) is 0 Å². The summed E-state index contributed by atoms with van der Waals surface area (Å²) in [5.41, 5.74) is 0. The van der Waals surface area contributed by atoms with Gasteiger partial charge in [0.05, 0.1) is 0 Å². The van der Waals surface area contributed by atoms with Crippen LogP contribution in [0.15, 0.2) is 12.2 Å². The molecule has 0 nitrogen and oxygen atoms in total. The van der Waals surface area contributed by atoms with E-state index >= 15 is 0 Å².